The lowest BCUT2D eigenvalue weighted by atomic mass is 10.1. The Hall–Kier alpha value is -3.13. The number of benzene rings is 3. The second-order valence-corrected chi connectivity index (χ2v) is 9.59. The molecule has 1 aliphatic heterocycles. The summed E-state index contributed by atoms with van der Waals surface area (Å²) in [5, 5.41) is 8.46. The van der Waals surface area contributed by atoms with E-state index in [0.717, 1.165) is 31.3 Å². The zero-order valence-electron chi connectivity index (χ0n) is 22.6. The zero-order valence-corrected chi connectivity index (χ0v) is 24.2. The van der Waals surface area contributed by atoms with Crippen molar-refractivity contribution < 1.29 is 19.4 Å². The van der Waals surface area contributed by atoms with Crippen LogP contribution < -0.4 is 14.4 Å². The molecule has 0 saturated carbocycles. The molecule has 1 aliphatic rings. The number of carboxylic acid groups (broad SMARTS) is 1. The normalized spacial score (nSPS) is 12.5. The van der Waals surface area contributed by atoms with Crippen LogP contribution in [-0.2, 0) is 4.79 Å². The van der Waals surface area contributed by atoms with Crippen LogP contribution in [0.3, 0.4) is 0 Å². The number of para-hydroxylation sites is 2. The number of hydrogen-bond acceptors (Lipinski definition) is 6. The van der Waals surface area contributed by atoms with Crippen LogP contribution in [0.1, 0.15) is 26.3 Å². The second-order valence-electron chi connectivity index (χ2n) is 8.50. The average Bonchev–Trinajstić information content (AvgIpc) is 2.92. The maximum absolute atomic E-state index is 10.3. The summed E-state index contributed by atoms with van der Waals surface area (Å²) in [6.07, 6.45) is 2.56. The molecule has 0 bridgehead atoms. The minimum atomic E-state index is -0.982. The van der Waals surface area contributed by atoms with Gasteiger partial charge in [-0.15, -0.1) is 12.4 Å². The van der Waals surface area contributed by atoms with Crippen molar-refractivity contribution in [3.05, 3.63) is 78.4 Å². The van der Waals surface area contributed by atoms with E-state index < -0.39 is 5.97 Å². The van der Waals surface area contributed by atoms with Crippen molar-refractivity contribution in [2.24, 2.45) is 0 Å². The van der Waals surface area contributed by atoms with Crippen LogP contribution in [0.2, 0.25) is 0 Å². The Morgan fingerprint density at radius 3 is 2.00 bits per heavy atom. The number of carboxylic acids is 1. The SMILES string of the molecule is CCN(CC)C(C)CN1c2ccccc2Sc2ccccc21.COc1ccc(C=CC(=O)O)cc1OC.Cl. The molecule has 3 aromatic rings. The first-order valence-electron chi connectivity index (χ1n) is 12.4. The first-order valence-corrected chi connectivity index (χ1v) is 13.2. The summed E-state index contributed by atoms with van der Waals surface area (Å²) in [4.78, 5) is 18.0. The lowest BCUT2D eigenvalue weighted by Gasteiger charge is -2.37. The number of hydrogen-bond donors (Lipinski definition) is 1. The maximum atomic E-state index is 10.3. The number of methoxy groups -OCH3 is 2. The van der Waals surface area contributed by atoms with Gasteiger partial charge in [0.05, 0.1) is 25.6 Å². The van der Waals surface area contributed by atoms with Gasteiger partial charge in [-0.25, -0.2) is 4.79 Å². The summed E-state index contributed by atoms with van der Waals surface area (Å²) >= 11 is 1.88. The number of aliphatic carboxylic acids is 1. The molecular formula is C30H37ClN2O4S. The van der Waals surface area contributed by atoms with Crippen LogP contribution in [-0.4, -0.2) is 55.9 Å². The van der Waals surface area contributed by atoms with Gasteiger partial charge in [0.25, 0.3) is 0 Å². The molecule has 0 radical (unpaired) electrons. The van der Waals surface area contributed by atoms with E-state index in [9.17, 15) is 4.79 Å². The van der Waals surface area contributed by atoms with Gasteiger partial charge in [0, 0.05) is 28.5 Å². The van der Waals surface area contributed by atoms with Gasteiger partial charge in [0.15, 0.2) is 11.5 Å². The van der Waals surface area contributed by atoms with Crippen molar-refractivity contribution in [3.8, 4) is 11.5 Å². The van der Waals surface area contributed by atoms with Crippen molar-refractivity contribution in [2.75, 3.05) is 38.8 Å². The maximum Gasteiger partial charge on any atom is 0.328 e. The van der Waals surface area contributed by atoms with E-state index in [1.165, 1.54) is 34.4 Å². The number of halogens is 1. The molecule has 1 unspecified atom stereocenters. The molecule has 6 nitrogen and oxygen atoms in total. The molecule has 1 N–H and O–H groups in total. The summed E-state index contributed by atoms with van der Waals surface area (Å²) in [5.74, 6) is 0.208. The van der Waals surface area contributed by atoms with Crippen LogP contribution in [0.15, 0.2) is 82.6 Å². The highest BCUT2D eigenvalue weighted by molar-refractivity contribution is 7.99. The number of ether oxygens (including phenoxy) is 2. The lowest BCUT2D eigenvalue weighted by Crippen LogP contribution is -2.41. The highest BCUT2D eigenvalue weighted by Crippen LogP contribution is 2.47. The minimum absolute atomic E-state index is 0. The molecule has 3 aromatic carbocycles. The Kier molecular flexibility index (Phi) is 12.5. The van der Waals surface area contributed by atoms with Gasteiger partial charge >= 0.3 is 5.97 Å². The number of rotatable bonds is 9. The second kappa shape index (κ2) is 15.3. The van der Waals surface area contributed by atoms with E-state index in [1.54, 1.807) is 25.3 Å². The molecular weight excluding hydrogens is 520 g/mol. The molecule has 1 heterocycles. The fourth-order valence-electron chi connectivity index (χ4n) is 4.33. The quantitative estimate of drug-likeness (QED) is 0.279. The minimum Gasteiger partial charge on any atom is -0.493 e. The van der Waals surface area contributed by atoms with E-state index in [2.05, 4.69) is 79.1 Å². The van der Waals surface area contributed by atoms with Crippen LogP contribution in [0, 0.1) is 0 Å². The van der Waals surface area contributed by atoms with Gasteiger partial charge in [-0.3, -0.25) is 4.90 Å². The van der Waals surface area contributed by atoms with Gasteiger partial charge in [0.2, 0.25) is 0 Å². The number of nitrogens with zero attached hydrogens (tertiary/aromatic N) is 2. The van der Waals surface area contributed by atoms with Crippen molar-refractivity contribution in [1.82, 2.24) is 4.90 Å². The van der Waals surface area contributed by atoms with Crippen molar-refractivity contribution >= 4 is 47.6 Å². The summed E-state index contributed by atoms with van der Waals surface area (Å²) in [5.41, 5.74) is 3.42. The molecule has 8 heteroatoms. The monoisotopic (exact) mass is 556 g/mol. The lowest BCUT2D eigenvalue weighted by molar-refractivity contribution is -0.131. The fourth-order valence-corrected chi connectivity index (χ4v) is 5.42. The number of carbonyl (C=O) groups is 1. The van der Waals surface area contributed by atoms with Gasteiger partial charge in [-0.1, -0.05) is 55.9 Å². The molecule has 0 aromatic heterocycles. The van der Waals surface area contributed by atoms with Crippen LogP contribution in [0.4, 0.5) is 11.4 Å². The van der Waals surface area contributed by atoms with E-state index in [-0.39, 0.29) is 12.4 Å². The molecule has 1 atom stereocenters. The predicted octanol–water partition coefficient (Wildman–Crippen LogP) is 7.24. The number of anilines is 2. The van der Waals surface area contributed by atoms with Crippen LogP contribution >= 0.6 is 24.2 Å². The Bertz CT molecular complexity index is 1170. The Labute approximate surface area is 236 Å². The third kappa shape index (κ3) is 7.93. The summed E-state index contributed by atoms with van der Waals surface area (Å²) in [7, 11) is 3.08. The topological polar surface area (TPSA) is 62.2 Å². The largest absolute Gasteiger partial charge is 0.493 e. The van der Waals surface area contributed by atoms with Gasteiger partial charge < -0.3 is 19.5 Å². The third-order valence-electron chi connectivity index (χ3n) is 6.24. The molecule has 204 valence electrons. The van der Waals surface area contributed by atoms with Gasteiger partial charge in [-0.05, 0) is 68.1 Å². The number of likely N-dealkylation sites (N-methyl/N-ethyl adjacent to an activating group) is 1. The molecule has 0 amide bonds. The smallest absolute Gasteiger partial charge is 0.328 e. The third-order valence-corrected chi connectivity index (χ3v) is 7.37. The van der Waals surface area contributed by atoms with Crippen molar-refractivity contribution in [2.45, 2.75) is 36.6 Å². The first-order chi connectivity index (χ1) is 17.9. The highest BCUT2D eigenvalue weighted by atomic mass is 35.5. The number of fused-ring (bicyclic) bond motifs is 2. The molecule has 0 aliphatic carbocycles. The average molecular weight is 557 g/mol. The molecule has 0 saturated heterocycles. The zero-order chi connectivity index (χ0) is 26.8. The molecule has 0 fully saturated rings. The Morgan fingerprint density at radius 1 is 0.947 bits per heavy atom. The molecule has 0 spiro atoms. The van der Waals surface area contributed by atoms with Gasteiger partial charge in [-0.2, -0.15) is 0 Å². The van der Waals surface area contributed by atoms with E-state index in [4.69, 9.17) is 14.6 Å². The van der Waals surface area contributed by atoms with E-state index >= 15 is 0 Å². The van der Waals surface area contributed by atoms with Gasteiger partial charge in [0.1, 0.15) is 0 Å². The van der Waals surface area contributed by atoms with E-state index in [1.807, 2.05) is 11.8 Å². The van der Waals surface area contributed by atoms with Crippen LogP contribution in [0.25, 0.3) is 6.08 Å². The highest BCUT2D eigenvalue weighted by Gasteiger charge is 2.25. The van der Waals surface area contributed by atoms with Crippen molar-refractivity contribution in [1.29, 1.82) is 0 Å². The first kappa shape index (κ1) is 31.1. The van der Waals surface area contributed by atoms with Crippen LogP contribution in [0.5, 0.6) is 11.5 Å². The van der Waals surface area contributed by atoms with Crippen molar-refractivity contribution in [3.63, 3.8) is 0 Å². The summed E-state index contributed by atoms with van der Waals surface area (Å²) in [6.45, 7) is 10.0. The standard InChI is InChI=1S/C19H24N2S.C11H12O4.ClH/c1-4-20(5-2)15(3)14-21-16-10-6-8-12-18(16)22-19-13-9-7-11-17(19)21;1-14-9-5-3-8(4-6-11(12)13)7-10(9)15-2;/h6-13,15H,4-5,14H2,1-3H3;3-7H,1-2H3,(H,12,13);1H. The predicted molar refractivity (Wildman–Crippen MR) is 160 cm³/mol. The molecule has 38 heavy (non-hydrogen) atoms. The molecule has 4 rings (SSSR count). The fraction of sp³-hybridized carbons (Fsp3) is 0.300. The Morgan fingerprint density at radius 2 is 1.50 bits per heavy atom. The summed E-state index contributed by atoms with van der Waals surface area (Å²) in [6, 6.07) is 23.2. The Balaban J connectivity index is 0.000000280. The van der Waals surface area contributed by atoms with E-state index in [0.29, 0.717) is 17.5 Å². The summed E-state index contributed by atoms with van der Waals surface area (Å²) < 4.78 is 10.1.